The van der Waals surface area contributed by atoms with Crippen LogP contribution in [0.5, 0.6) is 5.75 Å². The Bertz CT molecular complexity index is 1210. The van der Waals surface area contributed by atoms with Gasteiger partial charge in [0.1, 0.15) is 12.3 Å². The van der Waals surface area contributed by atoms with E-state index >= 15 is 0 Å². The van der Waals surface area contributed by atoms with Crippen molar-refractivity contribution in [2.24, 2.45) is 0 Å². The maximum Gasteiger partial charge on any atom is 0.573 e. The number of nitrogens with zero attached hydrogens (tertiary/aromatic N) is 4. The number of benzene rings is 2. The Morgan fingerprint density at radius 2 is 1.60 bits per heavy atom. The summed E-state index contributed by atoms with van der Waals surface area (Å²) in [4.78, 5) is 4.37. The molecule has 3 rings (SSSR count). The lowest BCUT2D eigenvalue weighted by atomic mass is 10.1. The molecule has 0 saturated heterocycles. The van der Waals surface area contributed by atoms with Crippen molar-refractivity contribution in [1.29, 1.82) is 5.26 Å². The maximum absolute atomic E-state index is 13.3. The zero-order valence-corrected chi connectivity index (χ0v) is 17.0. The predicted octanol–water partition coefficient (Wildman–Crippen LogP) is 6.09. The van der Waals surface area contributed by atoms with Gasteiger partial charge in [0.15, 0.2) is 5.82 Å². The Labute approximate surface area is 190 Å². The number of alkyl halides is 9. The summed E-state index contributed by atoms with van der Waals surface area (Å²) in [6.07, 6.45) is -14.7. The van der Waals surface area contributed by atoms with E-state index in [-0.39, 0.29) is 17.3 Å². The number of ether oxygens (including phenoxy) is 1. The van der Waals surface area contributed by atoms with Crippen molar-refractivity contribution in [3.63, 3.8) is 0 Å². The van der Waals surface area contributed by atoms with E-state index in [2.05, 4.69) is 14.9 Å². The Balaban J connectivity index is 1.88. The first-order valence-corrected chi connectivity index (χ1v) is 9.26. The molecule has 1 aromatic heterocycles. The van der Waals surface area contributed by atoms with Gasteiger partial charge < -0.3 is 14.2 Å². The van der Waals surface area contributed by atoms with E-state index in [1.807, 2.05) is 0 Å². The molecule has 6 nitrogen and oxygen atoms in total. The van der Waals surface area contributed by atoms with Crippen molar-refractivity contribution >= 4 is 5.69 Å². The highest BCUT2D eigenvalue weighted by Gasteiger charge is 2.36. The molecule has 0 amide bonds. The minimum atomic E-state index is -4.99. The first-order chi connectivity index (χ1) is 16.1. The SMILES string of the molecule is N#Cc1ccc(N(Cc2noc(-c3ccc(OC(F)(F)F)cc3)n2)CC(F)(F)F)cc1C(F)(F)F. The van der Waals surface area contributed by atoms with Crippen LogP contribution < -0.4 is 9.64 Å². The molecule has 0 saturated carbocycles. The maximum atomic E-state index is 13.3. The molecule has 0 unspecified atom stereocenters. The lowest BCUT2D eigenvalue weighted by Crippen LogP contribution is -2.34. The van der Waals surface area contributed by atoms with Crippen LogP contribution in [-0.4, -0.2) is 29.2 Å². The summed E-state index contributed by atoms with van der Waals surface area (Å²) in [5, 5.41) is 12.4. The van der Waals surface area contributed by atoms with Crippen molar-refractivity contribution in [2.75, 3.05) is 11.4 Å². The molecular formula is C20H11F9N4O2. The van der Waals surface area contributed by atoms with Crippen LogP contribution in [0.15, 0.2) is 47.0 Å². The molecule has 35 heavy (non-hydrogen) atoms. The van der Waals surface area contributed by atoms with Crippen molar-refractivity contribution < 1.29 is 48.8 Å². The van der Waals surface area contributed by atoms with Crippen LogP contribution in [0.4, 0.5) is 45.2 Å². The second-order valence-electron chi connectivity index (χ2n) is 6.90. The summed E-state index contributed by atoms with van der Waals surface area (Å²) in [6, 6.07) is 7.54. The Morgan fingerprint density at radius 3 is 2.14 bits per heavy atom. The molecule has 0 aliphatic carbocycles. The molecular weight excluding hydrogens is 499 g/mol. The highest BCUT2D eigenvalue weighted by Crippen LogP contribution is 2.35. The van der Waals surface area contributed by atoms with Gasteiger partial charge in [-0.15, -0.1) is 13.2 Å². The summed E-state index contributed by atoms with van der Waals surface area (Å²) < 4.78 is 125. The average molecular weight is 510 g/mol. The van der Waals surface area contributed by atoms with Crippen molar-refractivity contribution in [3.05, 3.63) is 59.4 Å². The van der Waals surface area contributed by atoms with Gasteiger partial charge in [-0.05, 0) is 42.5 Å². The topological polar surface area (TPSA) is 75.2 Å². The lowest BCUT2D eigenvalue weighted by molar-refractivity contribution is -0.274. The minimum Gasteiger partial charge on any atom is -0.406 e. The van der Waals surface area contributed by atoms with E-state index in [1.165, 1.54) is 6.07 Å². The molecule has 1 heterocycles. The van der Waals surface area contributed by atoms with E-state index in [0.29, 0.717) is 11.0 Å². The molecule has 0 bridgehead atoms. The van der Waals surface area contributed by atoms with E-state index in [4.69, 9.17) is 9.78 Å². The summed E-state index contributed by atoms with van der Waals surface area (Å²) in [5.74, 6) is -1.15. The van der Waals surface area contributed by atoms with Gasteiger partial charge in [0, 0.05) is 11.3 Å². The average Bonchev–Trinajstić information content (AvgIpc) is 3.19. The normalized spacial score (nSPS) is 12.3. The predicted molar refractivity (Wildman–Crippen MR) is 99.7 cm³/mol. The molecule has 15 heteroatoms. The van der Waals surface area contributed by atoms with Crippen LogP contribution in [-0.2, 0) is 12.7 Å². The van der Waals surface area contributed by atoms with Gasteiger partial charge in [0.25, 0.3) is 5.89 Å². The molecule has 0 N–H and O–H groups in total. The Hall–Kier alpha value is -3.96. The van der Waals surface area contributed by atoms with Crippen LogP contribution in [0.2, 0.25) is 0 Å². The summed E-state index contributed by atoms with van der Waals surface area (Å²) >= 11 is 0. The molecule has 3 aromatic rings. The van der Waals surface area contributed by atoms with Gasteiger partial charge in [0.05, 0.1) is 23.7 Å². The molecule has 0 fully saturated rings. The van der Waals surface area contributed by atoms with Gasteiger partial charge in [-0.25, -0.2) is 0 Å². The summed E-state index contributed by atoms with van der Waals surface area (Å²) in [7, 11) is 0. The van der Waals surface area contributed by atoms with Crippen molar-refractivity contribution in [1.82, 2.24) is 10.1 Å². The lowest BCUT2D eigenvalue weighted by Gasteiger charge is -2.25. The first kappa shape index (κ1) is 25.7. The summed E-state index contributed by atoms with van der Waals surface area (Å²) in [6.45, 7) is -2.41. The summed E-state index contributed by atoms with van der Waals surface area (Å²) in [5.41, 5.74) is -2.58. The zero-order chi connectivity index (χ0) is 26.0. The number of anilines is 1. The van der Waals surface area contributed by atoms with Gasteiger partial charge in [-0.2, -0.15) is 36.6 Å². The van der Waals surface area contributed by atoms with Crippen LogP contribution in [0.1, 0.15) is 17.0 Å². The number of hydrogen-bond acceptors (Lipinski definition) is 6. The Kier molecular flexibility index (Phi) is 6.86. The second kappa shape index (κ2) is 9.35. The highest BCUT2D eigenvalue weighted by molar-refractivity contribution is 5.56. The monoisotopic (exact) mass is 510 g/mol. The van der Waals surface area contributed by atoms with E-state index < -0.39 is 54.4 Å². The minimum absolute atomic E-state index is 0.110. The van der Waals surface area contributed by atoms with Gasteiger partial charge >= 0.3 is 18.7 Å². The third-order valence-electron chi connectivity index (χ3n) is 4.30. The van der Waals surface area contributed by atoms with E-state index in [9.17, 15) is 39.5 Å². The molecule has 0 radical (unpaired) electrons. The molecule has 0 aliphatic rings. The molecule has 0 atom stereocenters. The second-order valence-corrected chi connectivity index (χ2v) is 6.90. The van der Waals surface area contributed by atoms with Crippen LogP contribution in [0, 0.1) is 11.3 Å². The zero-order valence-electron chi connectivity index (χ0n) is 17.0. The molecule has 0 aliphatic heterocycles. The van der Waals surface area contributed by atoms with Crippen molar-refractivity contribution in [2.45, 2.75) is 25.3 Å². The van der Waals surface area contributed by atoms with E-state index in [0.717, 1.165) is 36.4 Å². The van der Waals surface area contributed by atoms with Gasteiger partial charge in [-0.1, -0.05) is 5.16 Å². The fourth-order valence-corrected chi connectivity index (χ4v) is 2.92. The molecule has 186 valence electrons. The number of aromatic nitrogens is 2. The highest BCUT2D eigenvalue weighted by atomic mass is 19.4. The smallest absolute Gasteiger partial charge is 0.406 e. The third-order valence-corrected chi connectivity index (χ3v) is 4.30. The molecule has 0 spiro atoms. The standard InChI is InChI=1S/C20H11F9N4O2/c21-18(22,23)10-33(13-4-1-12(8-30)15(7-13)19(24,25)26)9-16-31-17(35-32-16)11-2-5-14(6-3-11)34-20(27,28)29/h1-7H,9-10H2. The number of rotatable bonds is 6. The quantitative estimate of drug-likeness (QED) is 0.374. The Morgan fingerprint density at radius 1 is 0.943 bits per heavy atom. The van der Waals surface area contributed by atoms with E-state index in [1.54, 1.807) is 0 Å². The van der Waals surface area contributed by atoms with Crippen LogP contribution in [0.3, 0.4) is 0 Å². The fraction of sp³-hybridized carbons (Fsp3) is 0.250. The fourth-order valence-electron chi connectivity index (χ4n) is 2.92. The van der Waals surface area contributed by atoms with Crippen LogP contribution >= 0.6 is 0 Å². The molecule has 2 aromatic carbocycles. The number of hydrogen-bond donors (Lipinski definition) is 0. The largest absolute Gasteiger partial charge is 0.573 e. The number of halogens is 9. The van der Waals surface area contributed by atoms with Gasteiger partial charge in [0.2, 0.25) is 0 Å². The van der Waals surface area contributed by atoms with Crippen LogP contribution in [0.25, 0.3) is 11.5 Å². The first-order valence-electron chi connectivity index (χ1n) is 9.26. The van der Waals surface area contributed by atoms with Crippen molar-refractivity contribution in [3.8, 4) is 23.3 Å². The number of nitriles is 1. The van der Waals surface area contributed by atoms with Gasteiger partial charge in [-0.3, -0.25) is 0 Å². The third kappa shape index (κ3) is 7.01.